The van der Waals surface area contributed by atoms with Crippen molar-refractivity contribution >= 4 is 5.91 Å². The van der Waals surface area contributed by atoms with E-state index in [2.05, 4.69) is 0 Å². The van der Waals surface area contributed by atoms with Gasteiger partial charge >= 0.3 is 0 Å². The van der Waals surface area contributed by atoms with Gasteiger partial charge in [-0.2, -0.15) is 5.26 Å². The Kier molecular flexibility index (Phi) is 3.51. The number of hydrogen-bond donors (Lipinski definition) is 1. The molecule has 0 saturated heterocycles. The molecule has 84 valence electrons. The molecule has 0 heterocycles. The van der Waals surface area contributed by atoms with E-state index in [4.69, 9.17) is 5.26 Å². The summed E-state index contributed by atoms with van der Waals surface area (Å²) in [5.41, 5.74) is 1.20. The highest BCUT2D eigenvalue weighted by Gasteiger charge is 2.18. The molecule has 0 spiro atoms. The van der Waals surface area contributed by atoms with E-state index in [1.807, 2.05) is 6.07 Å². The van der Waals surface area contributed by atoms with E-state index >= 15 is 0 Å². The lowest BCUT2D eigenvalue weighted by Crippen LogP contribution is -2.34. The minimum absolute atomic E-state index is 0.130. The van der Waals surface area contributed by atoms with E-state index in [0.717, 1.165) is 0 Å². The number of carbonyl (C=O) groups excluding carboxylic acids is 1. The molecule has 0 aromatic heterocycles. The summed E-state index contributed by atoms with van der Waals surface area (Å²) in [4.78, 5) is 13.3. The number of rotatable bonds is 2. The van der Waals surface area contributed by atoms with Gasteiger partial charge in [0.2, 0.25) is 0 Å². The maximum atomic E-state index is 12.0. The SMILES string of the molecule is Cc1cc(O)ccc1C(=O)N(C)C(C)C#N. The van der Waals surface area contributed by atoms with Crippen LogP contribution < -0.4 is 0 Å². The van der Waals surface area contributed by atoms with E-state index < -0.39 is 6.04 Å². The third kappa shape index (κ3) is 2.31. The fourth-order valence-electron chi connectivity index (χ4n) is 1.34. The predicted molar refractivity (Wildman–Crippen MR) is 60.0 cm³/mol. The van der Waals surface area contributed by atoms with Crippen LogP contribution in [0.3, 0.4) is 0 Å². The van der Waals surface area contributed by atoms with Gasteiger partial charge < -0.3 is 10.0 Å². The Balaban J connectivity index is 3.02. The van der Waals surface area contributed by atoms with Gasteiger partial charge in [-0.25, -0.2) is 0 Å². The standard InChI is InChI=1S/C12H14N2O2/c1-8-6-10(15)4-5-11(8)12(16)14(3)9(2)7-13/h4-6,9,15H,1-3H3. The van der Waals surface area contributed by atoms with Gasteiger partial charge in [-0.05, 0) is 37.6 Å². The first-order valence-corrected chi connectivity index (χ1v) is 4.93. The number of carbonyl (C=O) groups is 1. The lowest BCUT2D eigenvalue weighted by Gasteiger charge is -2.20. The Bertz CT molecular complexity index is 449. The molecule has 1 aromatic carbocycles. The number of phenols is 1. The topological polar surface area (TPSA) is 64.3 Å². The van der Waals surface area contributed by atoms with Gasteiger partial charge in [0.05, 0.1) is 6.07 Å². The third-order valence-electron chi connectivity index (χ3n) is 2.53. The Hall–Kier alpha value is -2.02. The molecule has 1 aromatic rings. The first-order chi connectivity index (χ1) is 7.47. The van der Waals surface area contributed by atoms with Gasteiger partial charge in [-0.15, -0.1) is 0 Å². The average Bonchev–Trinajstić information content (AvgIpc) is 2.26. The van der Waals surface area contributed by atoms with Crippen molar-refractivity contribution in [3.63, 3.8) is 0 Å². The molecule has 0 radical (unpaired) electrons. The Morgan fingerprint density at radius 3 is 2.69 bits per heavy atom. The molecule has 0 aliphatic rings. The third-order valence-corrected chi connectivity index (χ3v) is 2.53. The van der Waals surface area contributed by atoms with Crippen LogP contribution in [-0.4, -0.2) is 29.0 Å². The number of aromatic hydroxyl groups is 1. The largest absolute Gasteiger partial charge is 0.508 e. The van der Waals surface area contributed by atoms with E-state index in [1.165, 1.54) is 17.0 Å². The minimum atomic E-state index is -0.472. The summed E-state index contributed by atoms with van der Waals surface area (Å²) < 4.78 is 0. The predicted octanol–water partition coefficient (Wildman–Crippen LogP) is 1.68. The van der Waals surface area contributed by atoms with Crippen LogP contribution >= 0.6 is 0 Å². The van der Waals surface area contributed by atoms with Crippen molar-refractivity contribution in [1.82, 2.24) is 4.90 Å². The zero-order chi connectivity index (χ0) is 12.3. The van der Waals surface area contributed by atoms with Crippen molar-refractivity contribution in [2.24, 2.45) is 0 Å². The quantitative estimate of drug-likeness (QED) is 0.821. The van der Waals surface area contributed by atoms with Crippen LogP contribution in [0.2, 0.25) is 0 Å². The summed E-state index contributed by atoms with van der Waals surface area (Å²) in [5.74, 6) is -0.0865. The van der Waals surface area contributed by atoms with Crippen molar-refractivity contribution in [3.8, 4) is 11.8 Å². The molecule has 4 nitrogen and oxygen atoms in total. The van der Waals surface area contributed by atoms with Crippen molar-refractivity contribution in [3.05, 3.63) is 29.3 Å². The summed E-state index contributed by atoms with van der Waals surface area (Å²) in [6, 6.07) is 6.08. The molecule has 1 amide bonds. The highest BCUT2D eigenvalue weighted by Crippen LogP contribution is 2.17. The molecule has 0 fully saturated rings. The van der Waals surface area contributed by atoms with E-state index in [9.17, 15) is 9.90 Å². The van der Waals surface area contributed by atoms with Gasteiger partial charge in [-0.1, -0.05) is 0 Å². The number of aryl methyl sites for hydroxylation is 1. The fourth-order valence-corrected chi connectivity index (χ4v) is 1.34. The van der Waals surface area contributed by atoms with Gasteiger partial charge in [0.25, 0.3) is 5.91 Å². The van der Waals surface area contributed by atoms with Gasteiger partial charge in [0.1, 0.15) is 11.8 Å². The molecule has 1 unspecified atom stereocenters. The van der Waals surface area contributed by atoms with Crippen LogP contribution in [0.5, 0.6) is 5.75 Å². The molecule has 1 rings (SSSR count). The Morgan fingerprint density at radius 1 is 1.56 bits per heavy atom. The van der Waals surface area contributed by atoms with Crippen LogP contribution in [0.15, 0.2) is 18.2 Å². The summed E-state index contributed by atoms with van der Waals surface area (Å²) >= 11 is 0. The van der Waals surface area contributed by atoms with Crippen molar-refractivity contribution in [1.29, 1.82) is 5.26 Å². The second kappa shape index (κ2) is 4.67. The summed E-state index contributed by atoms with van der Waals surface area (Å²) in [5, 5.41) is 18.0. The van der Waals surface area contributed by atoms with Crippen molar-refractivity contribution < 1.29 is 9.90 Å². The Labute approximate surface area is 94.7 Å². The van der Waals surface area contributed by atoms with Gasteiger partial charge in [0, 0.05) is 12.6 Å². The van der Waals surface area contributed by atoms with Crippen LogP contribution in [0.1, 0.15) is 22.8 Å². The number of nitriles is 1. The average molecular weight is 218 g/mol. The molecule has 0 saturated carbocycles. The van der Waals surface area contributed by atoms with Crippen LogP contribution in [0.4, 0.5) is 0 Å². The highest BCUT2D eigenvalue weighted by atomic mass is 16.3. The second-order valence-electron chi connectivity index (χ2n) is 3.72. The van der Waals surface area contributed by atoms with Crippen molar-refractivity contribution in [2.45, 2.75) is 19.9 Å². The molecule has 0 aliphatic heterocycles. The second-order valence-corrected chi connectivity index (χ2v) is 3.72. The maximum absolute atomic E-state index is 12.0. The lowest BCUT2D eigenvalue weighted by molar-refractivity contribution is 0.0772. The molecular formula is C12H14N2O2. The zero-order valence-electron chi connectivity index (χ0n) is 9.56. The van der Waals surface area contributed by atoms with E-state index in [0.29, 0.717) is 11.1 Å². The smallest absolute Gasteiger partial charge is 0.254 e. The maximum Gasteiger partial charge on any atom is 0.254 e. The minimum Gasteiger partial charge on any atom is -0.508 e. The molecule has 16 heavy (non-hydrogen) atoms. The van der Waals surface area contributed by atoms with Crippen LogP contribution in [0.25, 0.3) is 0 Å². The number of amides is 1. The first kappa shape index (κ1) is 12.1. The Morgan fingerprint density at radius 2 is 2.19 bits per heavy atom. The molecule has 4 heteroatoms. The first-order valence-electron chi connectivity index (χ1n) is 4.93. The van der Waals surface area contributed by atoms with Crippen LogP contribution in [0, 0.1) is 18.3 Å². The van der Waals surface area contributed by atoms with Gasteiger partial charge in [0.15, 0.2) is 0 Å². The van der Waals surface area contributed by atoms with Crippen molar-refractivity contribution in [2.75, 3.05) is 7.05 Å². The molecule has 1 atom stereocenters. The summed E-state index contributed by atoms with van der Waals surface area (Å²) in [7, 11) is 1.59. The summed E-state index contributed by atoms with van der Waals surface area (Å²) in [6.07, 6.45) is 0. The number of hydrogen-bond acceptors (Lipinski definition) is 3. The molecular weight excluding hydrogens is 204 g/mol. The lowest BCUT2D eigenvalue weighted by atomic mass is 10.1. The number of benzene rings is 1. The van der Waals surface area contributed by atoms with Gasteiger partial charge in [-0.3, -0.25) is 4.79 Å². The molecule has 0 aliphatic carbocycles. The zero-order valence-corrected chi connectivity index (χ0v) is 9.56. The fraction of sp³-hybridized carbons (Fsp3) is 0.333. The van der Waals surface area contributed by atoms with Crippen LogP contribution in [-0.2, 0) is 0 Å². The van der Waals surface area contributed by atoms with E-state index in [1.54, 1.807) is 27.0 Å². The normalized spacial score (nSPS) is 11.6. The summed E-state index contributed by atoms with van der Waals surface area (Å²) in [6.45, 7) is 3.41. The number of phenolic OH excluding ortho intramolecular Hbond substituents is 1. The highest BCUT2D eigenvalue weighted by molar-refractivity contribution is 5.96. The molecule has 1 N–H and O–H groups in total. The number of nitrogens with zero attached hydrogens (tertiary/aromatic N) is 2. The molecule has 0 bridgehead atoms. The van der Waals surface area contributed by atoms with E-state index in [-0.39, 0.29) is 11.7 Å². The monoisotopic (exact) mass is 218 g/mol.